The quantitative estimate of drug-likeness (QED) is 0.402. The number of anilines is 1. The lowest BCUT2D eigenvalue weighted by Gasteiger charge is -2.71. The first-order valence-electron chi connectivity index (χ1n) is 11.6. The third-order valence-corrected chi connectivity index (χ3v) is 8.60. The van der Waals surface area contributed by atoms with E-state index in [1.165, 1.54) is 28.7 Å². The lowest BCUT2D eigenvalue weighted by atomic mass is 9.37. The molecule has 9 nitrogen and oxygen atoms in total. The number of carbonyl (C=O) groups is 1. The number of tetrazole rings is 1. The van der Waals surface area contributed by atoms with Crippen molar-refractivity contribution in [3.05, 3.63) is 95.8 Å². The zero-order valence-electron chi connectivity index (χ0n) is 19.5. The maximum Gasteiger partial charge on any atom is 0.261 e. The Morgan fingerprint density at radius 3 is 2.36 bits per heavy atom. The summed E-state index contributed by atoms with van der Waals surface area (Å²) >= 11 is 0. The molecule has 1 heterocycles. The maximum atomic E-state index is 13.3. The monoisotopic (exact) mass is 500 g/mol. The Kier molecular flexibility index (Phi) is 4.97. The lowest BCUT2D eigenvalue weighted by Crippen LogP contribution is -2.76. The van der Waals surface area contributed by atoms with Crippen LogP contribution in [0.4, 0.5) is 5.69 Å². The molecule has 2 N–H and O–H groups in total. The van der Waals surface area contributed by atoms with Crippen molar-refractivity contribution in [2.24, 2.45) is 0 Å². The molecule has 0 unspecified atom stereocenters. The standard InChI is InChI=1S/C26H24N6O3S/c1-18-7-12-22(24(33)28-26-14-25(15-26,16-26)19-5-3-2-4-6-19)23(13-18)29-36(34,35)21-10-8-20(9-11-21)32-17-27-30-31-32/h2-13,17,29H,14-16H2,1H3,(H,28,33). The Morgan fingerprint density at radius 2 is 1.69 bits per heavy atom. The molecule has 0 aliphatic heterocycles. The van der Waals surface area contributed by atoms with Crippen molar-refractivity contribution in [2.45, 2.75) is 42.0 Å². The minimum absolute atomic E-state index is 0.0661. The molecule has 10 heteroatoms. The predicted molar refractivity (Wildman–Crippen MR) is 133 cm³/mol. The Balaban J connectivity index is 1.19. The first kappa shape index (κ1) is 22.4. The first-order chi connectivity index (χ1) is 17.3. The molecule has 0 atom stereocenters. The number of carbonyl (C=O) groups excluding carboxylic acids is 1. The third kappa shape index (κ3) is 3.74. The van der Waals surface area contributed by atoms with Gasteiger partial charge in [-0.2, -0.15) is 0 Å². The van der Waals surface area contributed by atoms with Crippen molar-refractivity contribution in [1.82, 2.24) is 25.5 Å². The second-order valence-corrected chi connectivity index (χ2v) is 11.5. The number of rotatable bonds is 7. The molecular weight excluding hydrogens is 476 g/mol. The summed E-state index contributed by atoms with van der Waals surface area (Å²) in [5.74, 6) is -0.275. The van der Waals surface area contributed by atoms with Crippen LogP contribution in [0.3, 0.4) is 0 Å². The fraction of sp³-hybridized carbons (Fsp3) is 0.231. The van der Waals surface area contributed by atoms with Crippen LogP contribution in [0.5, 0.6) is 0 Å². The molecule has 36 heavy (non-hydrogen) atoms. The highest BCUT2D eigenvalue weighted by molar-refractivity contribution is 7.92. The van der Waals surface area contributed by atoms with Gasteiger partial charge in [-0.05, 0) is 84.1 Å². The average molecular weight is 501 g/mol. The molecule has 4 aromatic rings. The van der Waals surface area contributed by atoms with Crippen molar-refractivity contribution in [3.8, 4) is 5.69 Å². The molecule has 2 bridgehead atoms. The summed E-state index contributed by atoms with van der Waals surface area (Å²) in [7, 11) is -3.93. The molecular formula is C26H24N6O3S. The van der Waals surface area contributed by atoms with Gasteiger partial charge < -0.3 is 5.32 Å². The Bertz CT molecular complexity index is 1530. The number of aromatic nitrogens is 4. The number of amides is 1. The summed E-state index contributed by atoms with van der Waals surface area (Å²) in [6.07, 6.45) is 4.12. The largest absolute Gasteiger partial charge is 0.346 e. The molecule has 3 saturated carbocycles. The van der Waals surface area contributed by atoms with Gasteiger partial charge in [-0.15, -0.1) is 5.10 Å². The SMILES string of the molecule is Cc1ccc(C(=O)NC23CC(c4ccccc4)(C2)C3)c(NS(=O)(=O)c2ccc(-n3cnnn3)cc2)c1. The fourth-order valence-corrected chi connectivity index (χ4v) is 6.60. The number of nitrogens with zero attached hydrogens (tertiary/aromatic N) is 4. The lowest BCUT2D eigenvalue weighted by molar-refractivity contribution is -0.0807. The van der Waals surface area contributed by atoms with Crippen molar-refractivity contribution in [2.75, 3.05) is 4.72 Å². The molecule has 3 aliphatic carbocycles. The summed E-state index contributed by atoms with van der Waals surface area (Å²) in [4.78, 5) is 13.3. The van der Waals surface area contributed by atoms with E-state index in [1.807, 2.05) is 25.1 Å². The number of nitrogens with one attached hydrogen (secondary N) is 2. The van der Waals surface area contributed by atoms with E-state index in [1.54, 1.807) is 30.3 Å². The summed E-state index contributed by atoms with van der Waals surface area (Å²) in [5.41, 5.74) is 3.26. The van der Waals surface area contributed by atoms with Crippen LogP contribution in [-0.4, -0.2) is 40.1 Å². The van der Waals surface area contributed by atoms with E-state index in [0.29, 0.717) is 11.3 Å². The summed E-state index contributed by atoms with van der Waals surface area (Å²) in [6, 6.07) is 21.7. The molecule has 0 spiro atoms. The van der Waals surface area contributed by atoms with Crippen LogP contribution >= 0.6 is 0 Å². The topological polar surface area (TPSA) is 119 Å². The van der Waals surface area contributed by atoms with Crippen LogP contribution < -0.4 is 10.0 Å². The van der Waals surface area contributed by atoms with Crippen molar-refractivity contribution in [1.29, 1.82) is 0 Å². The van der Waals surface area contributed by atoms with Crippen LogP contribution in [0, 0.1) is 6.92 Å². The molecule has 0 saturated heterocycles. The van der Waals surface area contributed by atoms with Gasteiger partial charge in [0.05, 0.1) is 21.8 Å². The number of benzene rings is 3. The first-order valence-corrected chi connectivity index (χ1v) is 13.1. The van der Waals surface area contributed by atoms with Crippen LogP contribution in [0.15, 0.2) is 84.0 Å². The molecule has 1 amide bonds. The predicted octanol–water partition coefficient (Wildman–Crippen LogP) is 3.38. The maximum absolute atomic E-state index is 13.3. The van der Waals surface area contributed by atoms with Gasteiger partial charge in [0, 0.05) is 11.0 Å². The van der Waals surface area contributed by atoms with Gasteiger partial charge in [0.25, 0.3) is 15.9 Å². The molecule has 1 aromatic heterocycles. The van der Waals surface area contributed by atoms with Crippen LogP contribution in [-0.2, 0) is 15.4 Å². The number of aryl methyl sites for hydroxylation is 1. The zero-order valence-corrected chi connectivity index (χ0v) is 20.4. The van der Waals surface area contributed by atoms with Gasteiger partial charge in [0.15, 0.2) is 0 Å². The van der Waals surface area contributed by atoms with Crippen molar-refractivity contribution in [3.63, 3.8) is 0 Å². The van der Waals surface area contributed by atoms with E-state index in [0.717, 1.165) is 24.8 Å². The van der Waals surface area contributed by atoms with E-state index < -0.39 is 10.0 Å². The fourth-order valence-electron chi connectivity index (χ4n) is 5.53. The van der Waals surface area contributed by atoms with Gasteiger partial charge >= 0.3 is 0 Å². The van der Waals surface area contributed by atoms with Crippen LogP contribution in [0.1, 0.15) is 40.7 Å². The van der Waals surface area contributed by atoms with Gasteiger partial charge in [0.2, 0.25) is 0 Å². The smallest absolute Gasteiger partial charge is 0.261 e. The van der Waals surface area contributed by atoms with Crippen LogP contribution in [0.25, 0.3) is 5.69 Å². The molecule has 182 valence electrons. The number of hydrogen-bond donors (Lipinski definition) is 2. The van der Waals surface area contributed by atoms with E-state index in [4.69, 9.17) is 0 Å². The Hall–Kier alpha value is -4.05. The van der Waals surface area contributed by atoms with Gasteiger partial charge in [-0.25, -0.2) is 13.1 Å². The van der Waals surface area contributed by atoms with E-state index in [-0.39, 0.29) is 27.4 Å². The number of hydrogen-bond acceptors (Lipinski definition) is 6. The van der Waals surface area contributed by atoms with Gasteiger partial charge in [0.1, 0.15) is 6.33 Å². The normalized spacial score (nSPS) is 22.2. The van der Waals surface area contributed by atoms with Crippen LogP contribution in [0.2, 0.25) is 0 Å². The molecule has 3 aliphatic rings. The van der Waals surface area contributed by atoms with E-state index >= 15 is 0 Å². The summed E-state index contributed by atoms with van der Waals surface area (Å²) < 4.78 is 30.4. The minimum atomic E-state index is -3.93. The Labute approximate surface area is 208 Å². The second-order valence-electron chi connectivity index (χ2n) is 9.81. The highest BCUT2D eigenvalue weighted by Crippen LogP contribution is 2.67. The minimum Gasteiger partial charge on any atom is -0.346 e. The third-order valence-electron chi connectivity index (χ3n) is 7.22. The molecule has 3 aromatic carbocycles. The summed E-state index contributed by atoms with van der Waals surface area (Å²) in [5, 5.41) is 14.1. The van der Waals surface area contributed by atoms with Gasteiger partial charge in [-0.3, -0.25) is 9.52 Å². The highest BCUT2D eigenvalue weighted by atomic mass is 32.2. The van der Waals surface area contributed by atoms with Crippen molar-refractivity contribution < 1.29 is 13.2 Å². The van der Waals surface area contributed by atoms with Crippen molar-refractivity contribution >= 4 is 21.6 Å². The highest BCUT2D eigenvalue weighted by Gasteiger charge is 2.68. The molecule has 7 rings (SSSR count). The Morgan fingerprint density at radius 1 is 0.972 bits per heavy atom. The summed E-state index contributed by atoms with van der Waals surface area (Å²) in [6.45, 7) is 1.85. The van der Waals surface area contributed by atoms with E-state index in [9.17, 15) is 13.2 Å². The van der Waals surface area contributed by atoms with E-state index in [2.05, 4.69) is 37.7 Å². The molecule has 0 radical (unpaired) electrons. The number of sulfonamides is 1. The zero-order chi connectivity index (χ0) is 25.0. The molecule has 3 fully saturated rings. The average Bonchev–Trinajstić information content (AvgIpc) is 3.36. The van der Waals surface area contributed by atoms with Gasteiger partial charge in [-0.1, -0.05) is 36.4 Å². The second kappa shape index (κ2) is 7.99.